The molecular weight excluding hydrogens is 652 g/mol. The van der Waals surface area contributed by atoms with Crippen molar-refractivity contribution in [2.45, 2.75) is 0 Å². The van der Waals surface area contributed by atoms with Crippen molar-refractivity contribution < 1.29 is 35.1 Å². The molecule has 0 aliphatic carbocycles. The molecule has 0 fully saturated rings. The number of nitro groups is 2. The maximum Gasteiger partial charge on any atom is 0.315 e. The normalized spacial score (nSPS) is 10.8. The summed E-state index contributed by atoms with van der Waals surface area (Å²) in [4.78, 5) is 44.1. The third kappa shape index (κ3) is 5.08. The summed E-state index contributed by atoms with van der Waals surface area (Å²) in [7, 11) is 0. The number of aromatic nitrogens is 2. The minimum absolute atomic E-state index is 0. The topological polar surface area (TPSA) is 210 Å². The number of phenolic OH excluding ortho intramolecular Hbond substituents is 4. The van der Waals surface area contributed by atoms with E-state index in [1.54, 1.807) is 48.5 Å². The maximum atomic E-state index is 14.0. The van der Waals surface area contributed by atoms with Crippen LogP contribution in [0.25, 0.3) is 44.1 Å². The fourth-order valence-corrected chi connectivity index (χ4v) is 5.11. The SMILES string of the molecule is Br.O=C(c1cnc(-c2cc(O)c(O)c([N+](=O)[O-])c2)c2ccccc12)c1cnc(-c2cc(O)c(O)c([N+](=O)[O-])c2)c2ccccc12. The molecule has 4 aromatic carbocycles. The minimum atomic E-state index is -0.880. The molecule has 0 spiro atoms. The van der Waals surface area contributed by atoms with E-state index in [0.29, 0.717) is 21.5 Å². The number of carbonyl (C=O) groups excluding carboxylic acids is 1. The highest BCUT2D eigenvalue weighted by Gasteiger charge is 2.25. The van der Waals surface area contributed by atoms with Crippen molar-refractivity contribution in [3.05, 3.63) is 117 Å². The molecule has 0 bridgehead atoms. The van der Waals surface area contributed by atoms with Crippen LogP contribution in [0.1, 0.15) is 15.9 Å². The Labute approximate surface area is 262 Å². The minimum Gasteiger partial charge on any atom is -0.504 e. The van der Waals surface area contributed by atoms with E-state index < -0.39 is 50.0 Å². The number of aromatic hydroxyl groups is 4. The van der Waals surface area contributed by atoms with Gasteiger partial charge in [-0.25, -0.2) is 0 Å². The highest BCUT2D eigenvalue weighted by Crippen LogP contribution is 2.42. The Hall–Kier alpha value is -6.15. The second kappa shape index (κ2) is 11.5. The van der Waals surface area contributed by atoms with Gasteiger partial charge in [-0.1, -0.05) is 48.5 Å². The van der Waals surface area contributed by atoms with Crippen LogP contribution in [0.4, 0.5) is 11.4 Å². The van der Waals surface area contributed by atoms with Crippen LogP contribution in [-0.2, 0) is 0 Å². The molecule has 2 aromatic heterocycles. The second-order valence-corrected chi connectivity index (χ2v) is 9.70. The van der Waals surface area contributed by atoms with Crippen molar-refractivity contribution in [2.75, 3.05) is 0 Å². The molecular formula is C31H19BrN4O9. The van der Waals surface area contributed by atoms with E-state index >= 15 is 0 Å². The lowest BCUT2D eigenvalue weighted by atomic mass is 9.93. The Kier molecular flexibility index (Phi) is 7.75. The van der Waals surface area contributed by atoms with Crippen molar-refractivity contribution in [3.63, 3.8) is 0 Å². The van der Waals surface area contributed by atoms with Crippen molar-refractivity contribution in [1.29, 1.82) is 0 Å². The van der Waals surface area contributed by atoms with E-state index in [9.17, 15) is 45.4 Å². The summed E-state index contributed by atoms with van der Waals surface area (Å²) in [5.41, 5.74) is -0.328. The fourth-order valence-electron chi connectivity index (χ4n) is 5.11. The molecule has 0 saturated carbocycles. The van der Waals surface area contributed by atoms with Crippen LogP contribution in [-0.4, -0.2) is 46.0 Å². The fraction of sp³-hybridized carbons (Fsp3) is 0. The standard InChI is InChI=1S/C31H18N4O9.BrH/c36-25-11-15(9-23(30(25)39)34(41)42)27-19-7-3-1-5-17(19)21(13-32-27)29(38)22-14-33-28(20-8-4-2-6-18(20)22)16-10-24(35(43)44)31(40)26(37)12-16;/h1-14,36-37,39-40H;1H. The van der Waals surface area contributed by atoms with Crippen LogP contribution in [0.15, 0.2) is 85.2 Å². The summed E-state index contributed by atoms with van der Waals surface area (Å²) in [5, 5.41) is 64.7. The molecule has 45 heavy (non-hydrogen) atoms. The predicted octanol–water partition coefficient (Wildman–Crippen LogP) is 6.56. The smallest absolute Gasteiger partial charge is 0.315 e. The van der Waals surface area contributed by atoms with Gasteiger partial charge in [-0.2, -0.15) is 0 Å². The summed E-state index contributed by atoms with van der Waals surface area (Å²) in [6.45, 7) is 0. The van der Waals surface area contributed by atoms with Gasteiger partial charge in [-0.05, 0) is 22.9 Å². The predicted molar refractivity (Wildman–Crippen MR) is 168 cm³/mol. The van der Waals surface area contributed by atoms with Crippen LogP contribution < -0.4 is 0 Å². The van der Waals surface area contributed by atoms with Crippen LogP contribution in [0.5, 0.6) is 23.0 Å². The van der Waals surface area contributed by atoms with E-state index in [0.717, 1.165) is 24.3 Å². The summed E-state index contributed by atoms with van der Waals surface area (Å²) in [6, 6.07) is 17.9. The van der Waals surface area contributed by atoms with Gasteiger partial charge in [0, 0.05) is 57.6 Å². The zero-order valence-corrected chi connectivity index (χ0v) is 24.3. The number of nitro benzene ring substituents is 2. The van der Waals surface area contributed by atoms with E-state index in [-0.39, 0.29) is 50.6 Å². The quantitative estimate of drug-likeness (QED) is 0.0644. The highest BCUT2D eigenvalue weighted by molar-refractivity contribution is 8.93. The average molecular weight is 671 g/mol. The number of halogens is 1. The summed E-state index contributed by atoms with van der Waals surface area (Å²) in [6.07, 6.45) is 2.61. The summed E-state index contributed by atoms with van der Waals surface area (Å²) in [5.74, 6) is -3.63. The van der Waals surface area contributed by atoms with Crippen molar-refractivity contribution in [3.8, 4) is 45.5 Å². The second-order valence-electron chi connectivity index (χ2n) is 9.70. The van der Waals surface area contributed by atoms with E-state index in [2.05, 4.69) is 9.97 Å². The lowest BCUT2D eigenvalue weighted by Crippen LogP contribution is -2.06. The van der Waals surface area contributed by atoms with Gasteiger partial charge in [0.05, 0.1) is 21.2 Å². The van der Waals surface area contributed by atoms with E-state index in [1.807, 2.05) is 0 Å². The lowest BCUT2D eigenvalue weighted by Gasteiger charge is -2.13. The molecule has 0 unspecified atom stereocenters. The highest BCUT2D eigenvalue weighted by atomic mass is 79.9. The first kappa shape index (κ1) is 30.3. The Morgan fingerprint density at radius 1 is 0.600 bits per heavy atom. The van der Waals surface area contributed by atoms with Crippen LogP contribution in [0, 0.1) is 20.2 Å². The molecule has 14 heteroatoms. The van der Waals surface area contributed by atoms with Crippen LogP contribution >= 0.6 is 17.0 Å². The van der Waals surface area contributed by atoms with Gasteiger partial charge in [-0.15, -0.1) is 17.0 Å². The van der Waals surface area contributed by atoms with Crippen molar-refractivity contribution in [2.24, 2.45) is 0 Å². The Bertz CT molecular complexity index is 2070. The molecule has 2 heterocycles. The molecule has 6 aromatic rings. The number of rotatable bonds is 6. The molecule has 0 saturated heterocycles. The molecule has 0 aliphatic rings. The molecule has 13 nitrogen and oxygen atoms in total. The first-order valence-electron chi connectivity index (χ1n) is 12.8. The van der Waals surface area contributed by atoms with Gasteiger partial charge in [0.15, 0.2) is 17.3 Å². The molecule has 0 amide bonds. The largest absolute Gasteiger partial charge is 0.504 e. The third-order valence-electron chi connectivity index (χ3n) is 7.16. The Morgan fingerprint density at radius 2 is 0.956 bits per heavy atom. The molecule has 0 atom stereocenters. The Balaban J connectivity index is 0.00000400. The number of benzene rings is 4. The molecule has 0 radical (unpaired) electrons. The number of phenols is 4. The molecule has 0 aliphatic heterocycles. The summed E-state index contributed by atoms with van der Waals surface area (Å²) < 4.78 is 0. The van der Waals surface area contributed by atoms with Crippen LogP contribution in [0.3, 0.4) is 0 Å². The van der Waals surface area contributed by atoms with E-state index in [4.69, 9.17) is 0 Å². The van der Waals surface area contributed by atoms with Crippen molar-refractivity contribution >= 4 is 55.7 Å². The van der Waals surface area contributed by atoms with Gasteiger partial charge >= 0.3 is 11.4 Å². The number of pyridine rings is 2. The number of ketones is 1. The number of fused-ring (bicyclic) bond motifs is 2. The zero-order valence-electron chi connectivity index (χ0n) is 22.6. The first-order chi connectivity index (χ1) is 21.1. The number of nitrogens with zero attached hydrogens (tertiary/aromatic N) is 4. The molecule has 224 valence electrons. The lowest BCUT2D eigenvalue weighted by molar-refractivity contribution is -0.386. The first-order valence-corrected chi connectivity index (χ1v) is 12.8. The monoisotopic (exact) mass is 670 g/mol. The number of hydrogen-bond donors (Lipinski definition) is 4. The van der Waals surface area contributed by atoms with Crippen LogP contribution in [0.2, 0.25) is 0 Å². The maximum absolute atomic E-state index is 14.0. The Morgan fingerprint density at radius 3 is 1.31 bits per heavy atom. The number of carbonyl (C=O) groups is 1. The zero-order chi connectivity index (χ0) is 31.3. The van der Waals surface area contributed by atoms with Gasteiger partial charge in [0.2, 0.25) is 11.5 Å². The van der Waals surface area contributed by atoms with E-state index in [1.165, 1.54) is 12.4 Å². The third-order valence-corrected chi connectivity index (χ3v) is 7.16. The van der Waals surface area contributed by atoms with Gasteiger partial charge in [0.25, 0.3) is 0 Å². The average Bonchev–Trinajstić information content (AvgIpc) is 3.02. The molecule has 6 rings (SSSR count). The molecule has 4 N–H and O–H groups in total. The van der Waals surface area contributed by atoms with Gasteiger partial charge in [-0.3, -0.25) is 35.0 Å². The summed E-state index contributed by atoms with van der Waals surface area (Å²) >= 11 is 0. The van der Waals surface area contributed by atoms with Crippen molar-refractivity contribution in [1.82, 2.24) is 9.97 Å². The van der Waals surface area contributed by atoms with Gasteiger partial charge < -0.3 is 20.4 Å². The van der Waals surface area contributed by atoms with Gasteiger partial charge in [0.1, 0.15) is 0 Å². The number of hydrogen-bond acceptors (Lipinski definition) is 11.